The number of piperidine rings is 1. The summed E-state index contributed by atoms with van der Waals surface area (Å²) in [6, 6.07) is 13.0. The molecular formula is C22H23N5O4. The van der Waals surface area contributed by atoms with Crippen molar-refractivity contribution in [2.24, 2.45) is 5.92 Å². The van der Waals surface area contributed by atoms with Gasteiger partial charge in [-0.05, 0) is 36.8 Å². The van der Waals surface area contributed by atoms with Gasteiger partial charge in [0, 0.05) is 19.2 Å². The minimum Gasteiger partial charge on any atom is -0.370 e. The Labute approximate surface area is 178 Å². The highest BCUT2D eigenvalue weighted by atomic mass is 16.6. The minimum absolute atomic E-state index is 0.0567. The molecular weight excluding hydrogens is 398 g/mol. The normalized spacial score (nSPS) is 14.5. The molecule has 1 aliphatic heterocycles. The van der Waals surface area contributed by atoms with Crippen molar-refractivity contribution in [2.45, 2.75) is 19.3 Å². The van der Waals surface area contributed by atoms with E-state index in [0.717, 1.165) is 19.3 Å². The van der Waals surface area contributed by atoms with Gasteiger partial charge in [0.2, 0.25) is 5.91 Å². The van der Waals surface area contributed by atoms with Crippen LogP contribution < -0.4 is 10.9 Å². The molecule has 31 heavy (non-hydrogen) atoms. The first-order valence-electron chi connectivity index (χ1n) is 10.2. The highest BCUT2D eigenvalue weighted by molar-refractivity contribution is 5.88. The zero-order chi connectivity index (χ0) is 21.8. The van der Waals surface area contributed by atoms with Crippen molar-refractivity contribution < 1.29 is 9.72 Å². The van der Waals surface area contributed by atoms with E-state index in [9.17, 15) is 19.7 Å². The van der Waals surface area contributed by atoms with Crippen LogP contribution in [0.3, 0.4) is 0 Å². The van der Waals surface area contributed by atoms with Crippen molar-refractivity contribution in [1.82, 2.24) is 14.9 Å². The molecule has 2 heterocycles. The van der Waals surface area contributed by atoms with Crippen LogP contribution in [-0.2, 0) is 11.2 Å². The molecule has 2 N–H and O–H groups in total. The molecule has 2 aromatic carbocycles. The summed E-state index contributed by atoms with van der Waals surface area (Å²) in [5, 5.41) is 14.4. The van der Waals surface area contributed by atoms with E-state index < -0.39 is 10.5 Å². The number of benzene rings is 2. The Morgan fingerprint density at radius 3 is 2.68 bits per heavy atom. The van der Waals surface area contributed by atoms with Gasteiger partial charge in [-0.3, -0.25) is 19.7 Å². The first-order valence-corrected chi connectivity index (χ1v) is 10.2. The summed E-state index contributed by atoms with van der Waals surface area (Å²) in [5.41, 5.74) is 1.09. The lowest BCUT2D eigenvalue weighted by Crippen LogP contribution is -2.41. The third-order valence-electron chi connectivity index (χ3n) is 5.72. The topological polar surface area (TPSA) is 121 Å². The van der Waals surface area contributed by atoms with E-state index in [1.807, 2.05) is 18.2 Å². The molecule has 0 atom stereocenters. The number of aromatic amines is 1. The van der Waals surface area contributed by atoms with Crippen molar-refractivity contribution in [2.75, 3.05) is 25.0 Å². The lowest BCUT2D eigenvalue weighted by atomic mass is 9.90. The number of anilines is 1. The fourth-order valence-electron chi connectivity index (χ4n) is 4.01. The van der Waals surface area contributed by atoms with Crippen LogP contribution in [0.15, 0.2) is 53.6 Å². The summed E-state index contributed by atoms with van der Waals surface area (Å²) in [4.78, 5) is 43.7. The first-order chi connectivity index (χ1) is 15.0. The minimum atomic E-state index is -0.576. The van der Waals surface area contributed by atoms with E-state index in [1.165, 1.54) is 24.0 Å². The van der Waals surface area contributed by atoms with Crippen LogP contribution in [0.25, 0.3) is 10.9 Å². The van der Waals surface area contributed by atoms with Crippen molar-refractivity contribution in [3.05, 3.63) is 74.8 Å². The van der Waals surface area contributed by atoms with E-state index in [2.05, 4.69) is 27.4 Å². The summed E-state index contributed by atoms with van der Waals surface area (Å²) in [6.07, 6.45) is 4.12. The van der Waals surface area contributed by atoms with Crippen LogP contribution in [0.1, 0.15) is 18.4 Å². The molecule has 0 spiro atoms. The van der Waals surface area contributed by atoms with Crippen molar-refractivity contribution in [3.8, 4) is 0 Å². The maximum absolute atomic E-state index is 12.7. The second-order valence-corrected chi connectivity index (χ2v) is 7.74. The maximum Gasteiger partial charge on any atom is 0.293 e. The number of aromatic nitrogens is 2. The molecule has 1 aliphatic rings. The predicted molar refractivity (Wildman–Crippen MR) is 117 cm³/mol. The smallest absolute Gasteiger partial charge is 0.293 e. The zero-order valence-corrected chi connectivity index (χ0v) is 16.9. The Balaban J connectivity index is 1.38. The molecule has 0 radical (unpaired) electrons. The number of carbonyl (C=O) groups excluding carboxylic acids is 1. The van der Waals surface area contributed by atoms with Crippen LogP contribution >= 0.6 is 0 Å². The molecule has 3 aromatic rings. The summed E-state index contributed by atoms with van der Waals surface area (Å²) in [7, 11) is 0. The second-order valence-electron chi connectivity index (χ2n) is 7.74. The molecule has 1 amide bonds. The number of rotatable bonds is 6. The molecule has 1 aromatic heterocycles. The number of hydrogen-bond acceptors (Lipinski definition) is 6. The number of nitrogens with one attached hydrogen (secondary N) is 2. The number of amides is 1. The summed E-state index contributed by atoms with van der Waals surface area (Å²) >= 11 is 0. The van der Waals surface area contributed by atoms with Crippen LogP contribution in [0.5, 0.6) is 0 Å². The van der Waals surface area contributed by atoms with Gasteiger partial charge in [-0.25, -0.2) is 4.98 Å². The van der Waals surface area contributed by atoms with Crippen LogP contribution in [-0.4, -0.2) is 45.3 Å². The molecule has 1 fully saturated rings. The fourth-order valence-corrected chi connectivity index (χ4v) is 4.01. The average Bonchev–Trinajstić information content (AvgIpc) is 2.78. The molecule has 4 rings (SSSR count). The van der Waals surface area contributed by atoms with E-state index in [-0.39, 0.29) is 29.2 Å². The number of H-pyrrole nitrogens is 1. The predicted octanol–water partition coefficient (Wildman–Crippen LogP) is 2.72. The van der Waals surface area contributed by atoms with Crippen molar-refractivity contribution >= 4 is 28.2 Å². The van der Waals surface area contributed by atoms with Gasteiger partial charge in [0.25, 0.3) is 11.2 Å². The molecule has 0 unspecified atom stereocenters. The number of nitro benzene ring substituents is 1. The fraction of sp³-hybridized carbons (Fsp3) is 0.318. The average molecular weight is 421 g/mol. The van der Waals surface area contributed by atoms with Gasteiger partial charge in [0.05, 0.1) is 28.7 Å². The standard InChI is InChI=1S/C22H23N5O4/c28-21(26-8-6-16(7-9-26)10-15-4-2-1-3-5-15)13-23-19-12-18-17(11-20(19)27(30)31)22(29)25-14-24-18/h1-5,11-12,14,16,23H,6-10,13H2,(H,24,25,29). The third-order valence-corrected chi connectivity index (χ3v) is 5.72. The summed E-state index contributed by atoms with van der Waals surface area (Å²) < 4.78 is 0. The second kappa shape index (κ2) is 8.95. The molecule has 9 heteroatoms. The molecule has 1 saturated heterocycles. The SMILES string of the molecule is O=C(CNc1cc2nc[nH]c(=O)c2cc1[N+](=O)[O-])N1CCC(Cc2ccccc2)CC1. The van der Waals surface area contributed by atoms with Gasteiger partial charge >= 0.3 is 0 Å². The Morgan fingerprint density at radius 2 is 1.97 bits per heavy atom. The quantitative estimate of drug-likeness (QED) is 0.466. The molecule has 0 aliphatic carbocycles. The summed E-state index contributed by atoms with van der Waals surface area (Å²) in [6.45, 7) is 1.29. The molecule has 0 saturated carbocycles. The summed E-state index contributed by atoms with van der Waals surface area (Å²) in [5.74, 6) is 0.441. The van der Waals surface area contributed by atoms with Crippen LogP contribution in [0, 0.1) is 16.0 Å². The number of fused-ring (bicyclic) bond motifs is 1. The molecule has 0 bridgehead atoms. The largest absolute Gasteiger partial charge is 0.370 e. The number of nitrogens with zero attached hydrogens (tertiary/aromatic N) is 3. The lowest BCUT2D eigenvalue weighted by Gasteiger charge is -2.32. The first kappa shape index (κ1) is 20.5. The van der Waals surface area contributed by atoms with Gasteiger partial charge in [-0.2, -0.15) is 0 Å². The Kier molecular flexibility index (Phi) is 5.92. The third kappa shape index (κ3) is 4.71. The van der Waals surface area contributed by atoms with Crippen LogP contribution in [0.2, 0.25) is 0 Å². The van der Waals surface area contributed by atoms with Gasteiger partial charge in [-0.1, -0.05) is 30.3 Å². The number of likely N-dealkylation sites (tertiary alicyclic amines) is 1. The molecule has 160 valence electrons. The zero-order valence-electron chi connectivity index (χ0n) is 16.9. The Morgan fingerprint density at radius 1 is 1.23 bits per heavy atom. The van der Waals surface area contributed by atoms with Crippen LogP contribution in [0.4, 0.5) is 11.4 Å². The van der Waals surface area contributed by atoms with E-state index in [4.69, 9.17) is 0 Å². The van der Waals surface area contributed by atoms with E-state index >= 15 is 0 Å². The highest BCUT2D eigenvalue weighted by Crippen LogP contribution is 2.28. The number of hydrogen-bond donors (Lipinski definition) is 2. The molecule has 9 nitrogen and oxygen atoms in total. The Bertz CT molecular complexity index is 1150. The lowest BCUT2D eigenvalue weighted by molar-refractivity contribution is -0.383. The number of carbonyl (C=O) groups is 1. The Hall–Kier alpha value is -3.75. The van der Waals surface area contributed by atoms with Gasteiger partial charge in [0.1, 0.15) is 5.69 Å². The van der Waals surface area contributed by atoms with Gasteiger partial charge in [-0.15, -0.1) is 0 Å². The highest BCUT2D eigenvalue weighted by Gasteiger charge is 2.24. The van der Waals surface area contributed by atoms with E-state index in [0.29, 0.717) is 24.5 Å². The van der Waals surface area contributed by atoms with Crippen molar-refractivity contribution in [1.29, 1.82) is 0 Å². The van der Waals surface area contributed by atoms with Gasteiger partial charge < -0.3 is 15.2 Å². The van der Waals surface area contributed by atoms with Gasteiger partial charge in [0.15, 0.2) is 0 Å². The number of nitro groups is 1. The maximum atomic E-state index is 12.7. The van der Waals surface area contributed by atoms with Crippen molar-refractivity contribution in [3.63, 3.8) is 0 Å². The monoisotopic (exact) mass is 421 g/mol. The van der Waals surface area contributed by atoms with E-state index in [1.54, 1.807) is 4.90 Å².